The van der Waals surface area contributed by atoms with Crippen molar-refractivity contribution in [3.05, 3.63) is 64.6 Å². The molecule has 182 valence electrons. The molecule has 1 aromatic carbocycles. The second kappa shape index (κ2) is 12.3. The molecular weight excluding hydrogens is 459 g/mol. The Labute approximate surface area is 204 Å². The summed E-state index contributed by atoms with van der Waals surface area (Å²) in [6.07, 6.45) is 8.98. The number of benzene rings is 1. The summed E-state index contributed by atoms with van der Waals surface area (Å²) in [5, 5.41) is 3.92. The molecule has 9 heteroatoms. The first-order valence-corrected chi connectivity index (χ1v) is 12.1. The van der Waals surface area contributed by atoms with Crippen molar-refractivity contribution in [1.29, 1.82) is 0 Å². The summed E-state index contributed by atoms with van der Waals surface area (Å²) in [6, 6.07) is 8.79. The number of carbonyl (C=O) groups excluding carboxylic acids is 1. The third-order valence-electron chi connectivity index (χ3n) is 5.94. The minimum absolute atomic E-state index is 0.198. The van der Waals surface area contributed by atoms with Crippen molar-refractivity contribution in [2.75, 3.05) is 25.0 Å². The number of piperidine rings is 1. The number of likely N-dealkylation sites (tertiary alicyclic amines) is 1. The largest absolute Gasteiger partial charge is 0.366 e. The molecule has 0 bridgehead atoms. The molecule has 2 N–H and O–H groups in total. The summed E-state index contributed by atoms with van der Waals surface area (Å²) in [5.41, 5.74) is 4.09. The number of hydroxylamine groups is 1. The Morgan fingerprint density at radius 2 is 2.12 bits per heavy atom. The molecule has 1 unspecified atom stereocenters. The van der Waals surface area contributed by atoms with Gasteiger partial charge in [0.15, 0.2) is 6.29 Å². The smallest absolute Gasteiger partial charge is 0.267 e. The first-order chi connectivity index (χ1) is 16.5. The lowest BCUT2D eigenvalue weighted by Gasteiger charge is -2.32. The number of nitrogens with one attached hydrogen (secondary N) is 2. The van der Waals surface area contributed by atoms with Gasteiger partial charge in [-0.1, -0.05) is 23.7 Å². The molecule has 1 atom stereocenters. The number of ether oxygens (including phenoxy) is 1. The lowest BCUT2D eigenvalue weighted by molar-refractivity contribution is -0.198. The molecule has 0 saturated carbocycles. The Morgan fingerprint density at radius 3 is 2.85 bits per heavy atom. The van der Waals surface area contributed by atoms with Gasteiger partial charge in [-0.2, -0.15) is 0 Å². The van der Waals surface area contributed by atoms with Gasteiger partial charge in [0.1, 0.15) is 11.6 Å². The van der Waals surface area contributed by atoms with Gasteiger partial charge < -0.3 is 10.1 Å². The number of halogens is 2. The number of rotatable bonds is 8. The van der Waals surface area contributed by atoms with E-state index in [1.807, 2.05) is 6.07 Å². The first kappa shape index (κ1) is 24.6. The highest BCUT2D eigenvalue weighted by Gasteiger charge is 2.20. The monoisotopic (exact) mass is 488 g/mol. The topological polar surface area (TPSA) is 75.7 Å². The quantitative estimate of drug-likeness (QED) is 0.420. The molecule has 4 rings (SSSR count). The van der Waals surface area contributed by atoms with Crippen molar-refractivity contribution in [1.82, 2.24) is 15.4 Å². The maximum absolute atomic E-state index is 13.4. The average molecular weight is 489 g/mol. The highest BCUT2D eigenvalue weighted by molar-refractivity contribution is 6.33. The zero-order valence-electron chi connectivity index (χ0n) is 19.0. The van der Waals surface area contributed by atoms with E-state index in [2.05, 4.69) is 20.7 Å². The van der Waals surface area contributed by atoms with Gasteiger partial charge in [0, 0.05) is 51.0 Å². The van der Waals surface area contributed by atoms with Gasteiger partial charge in [0.25, 0.3) is 5.91 Å². The summed E-state index contributed by atoms with van der Waals surface area (Å²) in [5.74, 6) is 0.0539. The zero-order valence-corrected chi connectivity index (χ0v) is 19.8. The molecule has 2 fully saturated rings. The molecule has 1 amide bonds. The maximum Gasteiger partial charge on any atom is 0.267 e. The molecule has 2 aromatic rings. The minimum atomic E-state index is -0.388. The summed E-state index contributed by atoms with van der Waals surface area (Å²) < 4.78 is 18.8. The van der Waals surface area contributed by atoms with Gasteiger partial charge in [-0.25, -0.2) is 19.7 Å². The number of carbonyl (C=O) groups is 1. The molecule has 7 nitrogen and oxygen atoms in total. The van der Waals surface area contributed by atoms with Crippen LogP contribution in [0.2, 0.25) is 5.02 Å². The van der Waals surface area contributed by atoms with Crippen LogP contribution in [0.25, 0.3) is 6.08 Å². The van der Waals surface area contributed by atoms with Crippen LogP contribution in [0.15, 0.2) is 42.6 Å². The number of hydrogen-bond acceptors (Lipinski definition) is 6. The van der Waals surface area contributed by atoms with E-state index in [1.165, 1.54) is 12.1 Å². The van der Waals surface area contributed by atoms with Crippen LogP contribution in [0, 0.1) is 5.82 Å². The van der Waals surface area contributed by atoms with Crippen molar-refractivity contribution in [2.45, 2.75) is 51.0 Å². The predicted octanol–water partition coefficient (Wildman–Crippen LogP) is 4.54. The van der Waals surface area contributed by atoms with Gasteiger partial charge in [0.05, 0.1) is 5.02 Å². The number of aromatic nitrogens is 1. The second-order valence-corrected chi connectivity index (χ2v) is 9.04. The number of amides is 1. The second-order valence-electron chi connectivity index (χ2n) is 8.64. The molecule has 2 aliphatic rings. The fourth-order valence-corrected chi connectivity index (χ4v) is 4.34. The lowest BCUT2D eigenvalue weighted by atomic mass is 10.0. The molecule has 34 heavy (non-hydrogen) atoms. The highest BCUT2D eigenvalue weighted by Crippen LogP contribution is 2.24. The summed E-state index contributed by atoms with van der Waals surface area (Å²) in [6.45, 7) is 3.22. The fraction of sp³-hybridized carbons (Fsp3) is 0.440. The van der Waals surface area contributed by atoms with Crippen molar-refractivity contribution in [2.24, 2.45) is 0 Å². The molecule has 2 saturated heterocycles. The Hall–Kier alpha value is -2.52. The Morgan fingerprint density at radius 1 is 1.26 bits per heavy atom. The van der Waals surface area contributed by atoms with Crippen molar-refractivity contribution in [3.63, 3.8) is 0 Å². The van der Waals surface area contributed by atoms with Crippen molar-refractivity contribution >= 4 is 29.4 Å². The summed E-state index contributed by atoms with van der Waals surface area (Å²) in [4.78, 5) is 24.0. The minimum Gasteiger partial charge on any atom is -0.366 e. The van der Waals surface area contributed by atoms with Gasteiger partial charge in [-0.3, -0.25) is 9.69 Å². The molecular formula is C25H30ClFN4O3. The molecule has 2 aliphatic heterocycles. The first-order valence-electron chi connectivity index (χ1n) is 11.7. The molecule has 0 aliphatic carbocycles. The number of nitrogens with zero attached hydrogens (tertiary/aromatic N) is 2. The third-order valence-corrected chi connectivity index (χ3v) is 6.23. The van der Waals surface area contributed by atoms with E-state index in [0.29, 0.717) is 23.0 Å². The fourth-order valence-electron chi connectivity index (χ4n) is 4.11. The third kappa shape index (κ3) is 7.50. The SMILES string of the molecule is O=C(C=Cc1cnc(NC2CCN(Cc3cccc(F)c3)CC2)c(Cl)c1)NOC1CCCCO1. The van der Waals surface area contributed by atoms with Crippen LogP contribution in [0.4, 0.5) is 10.2 Å². The Bertz CT molecular complexity index is 992. The molecule has 3 heterocycles. The van der Waals surface area contributed by atoms with Gasteiger partial charge in [-0.15, -0.1) is 0 Å². The lowest BCUT2D eigenvalue weighted by Crippen LogP contribution is -2.38. The van der Waals surface area contributed by atoms with Crippen molar-refractivity contribution in [3.8, 4) is 0 Å². The summed E-state index contributed by atoms with van der Waals surface area (Å²) >= 11 is 6.43. The molecule has 0 radical (unpaired) electrons. The van der Waals surface area contributed by atoms with E-state index in [1.54, 1.807) is 30.5 Å². The van der Waals surface area contributed by atoms with Crippen LogP contribution in [0.3, 0.4) is 0 Å². The standard InChI is InChI=1S/C25H30ClFN4O3/c26-22-15-18(7-8-23(32)30-34-24-6-1-2-13-33-24)16-28-25(22)29-21-9-11-31(12-10-21)17-19-4-3-5-20(27)14-19/h3-5,7-8,14-16,21,24H,1-2,6,9-13,17H2,(H,28,29)(H,30,32). The predicted molar refractivity (Wildman–Crippen MR) is 129 cm³/mol. The van der Waals surface area contributed by atoms with Crippen LogP contribution < -0.4 is 10.8 Å². The van der Waals surface area contributed by atoms with Crippen LogP contribution in [0.5, 0.6) is 0 Å². The number of hydrogen-bond donors (Lipinski definition) is 2. The highest BCUT2D eigenvalue weighted by atomic mass is 35.5. The Kier molecular flexibility index (Phi) is 8.87. The van der Waals surface area contributed by atoms with E-state index < -0.39 is 0 Å². The zero-order chi connectivity index (χ0) is 23.8. The van der Waals surface area contributed by atoms with Crippen LogP contribution in [0.1, 0.15) is 43.2 Å². The average Bonchev–Trinajstić information content (AvgIpc) is 2.85. The van der Waals surface area contributed by atoms with E-state index in [4.69, 9.17) is 21.2 Å². The van der Waals surface area contributed by atoms with Crippen LogP contribution in [-0.4, -0.2) is 47.8 Å². The van der Waals surface area contributed by atoms with Gasteiger partial charge >= 0.3 is 0 Å². The van der Waals surface area contributed by atoms with E-state index >= 15 is 0 Å². The maximum atomic E-state index is 13.4. The summed E-state index contributed by atoms with van der Waals surface area (Å²) in [7, 11) is 0. The van der Waals surface area contributed by atoms with E-state index in [-0.39, 0.29) is 24.1 Å². The normalized spacial score (nSPS) is 19.9. The van der Waals surface area contributed by atoms with Crippen LogP contribution >= 0.6 is 11.6 Å². The molecule has 0 spiro atoms. The Balaban J connectivity index is 1.21. The van der Waals surface area contributed by atoms with Crippen LogP contribution in [-0.2, 0) is 20.9 Å². The van der Waals surface area contributed by atoms with E-state index in [0.717, 1.165) is 57.3 Å². The number of pyridine rings is 1. The number of anilines is 1. The van der Waals surface area contributed by atoms with Crippen molar-refractivity contribution < 1.29 is 18.8 Å². The molecule has 1 aromatic heterocycles. The van der Waals surface area contributed by atoms with Gasteiger partial charge in [-0.05, 0) is 61.1 Å². The van der Waals surface area contributed by atoms with Gasteiger partial charge in [0.2, 0.25) is 0 Å². The van der Waals surface area contributed by atoms with E-state index in [9.17, 15) is 9.18 Å².